The number of methoxy groups -OCH3 is 2. The van der Waals surface area contributed by atoms with E-state index in [-0.39, 0.29) is 5.69 Å². The number of hydrogen-bond donors (Lipinski definition) is 1. The maximum absolute atomic E-state index is 13.1. The minimum absolute atomic E-state index is 0.249. The van der Waals surface area contributed by atoms with Crippen molar-refractivity contribution in [3.8, 4) is 28.4 Å². The lowest BCUT2D eigenvalue weighted by molar-refractivity contribution is 0.0949. The predicted molar refractivity (Wildman–Crippen MR) is 146 cm³/mol. The Hall–Kier alpha value is -4.91. The zero-order valence-corrected chi connectivity index (χ0v) is 20.8. The van der Waals surface area contributed by atoms with E-state index in [0.29, 0.717) is 17.1 Å². The van der Waals surface area contributed by atoms with E-state index in [1.165, 1.54) is 6.21 Å². The summed E-state index contributed by atoms with van der Waals surface area (Å²) in [4.78, 5) is 13.1. The Labute approximate surface area is 215 Å². The third-order valence-electron chi connectivity index (χ3n) is 6.07. The quantitative estimate of drug-likeness (QED) is 0.232. The van der Waals surface area contributed by atoms with E-state index in [4.69, 9.17) is 9.47 Å². The van der Waals surface area contributed by atoms with Crippen molar-refractivity contribution in [2.24, 2.45) is 5.10 Å². The van der Waals surface area contributed by atoms with E-state index in [1.807, 2.05) is 49.4 Å². The van der Waals surface area contributed by atoms with Gasteiger partial charge >= 0.3 is 0 Å². The van der Waals surface area contributed by atoms with E-state index in [0.717, 1.165) is 33.3 Å². The number of rotatable bonds is 7. The van der Waals surface area contributed by atoms with Crippen molar-refractivity contribution in [1.82, 2.24) is 15.2 Å². The minimum atomic E-state index is -0.425. The van der Waals surface area contributed by atoms with Crippen molar-refractivity contribution in [3.05, 3.63) is 108 Å². The summed E-state index contributed by atoms with van der Waals surface area (Å²) in [7, 11) is 3.16. The summed E-state index contributed by atoms with van der Waals surface area (Å²) >= 11 is 0. The monoisotopic (exact) mass is 490 g/mol. The molecule has 0 atom stereocenters. The van der Waals surface area contributed by atoms with Gasteiger partial charge in [-0.1, -0.05) is 54.1 Å². The highest BCUT2D eigenvalue weighted by molar-refractivity contribution is 5.95. The average Bonchev–Trinajstić information content (AvgIpc) is 3.39. The molecule has 1 amide bonds. The fourth-order valence-electron chi connectivity index (χ4n) is 4.09. The third-order valence-corrected chi connectivity index (χ3v) is 6.07. The van der Waals surface area contributed by atoms with Crippen LogP contribution >= 0.6 is 0 Å². The van der Waals surface area contributed by atoms with E-state index >= 15 is 0 Å². The summed E-state index contributed by atoms with van der Waals surface area (Å²) in [5.74, 6) is 0.845. The number of aryl methyl sites for hydroxylation is 1. The van der Waals surface area contributed by atoms with Crippen LogP contribution in [0.3, 0.4) is 0 Å². The molecule has 0 bridgehead atoms. The third kappa shape index (κ3) is 5.06. The van der Waals surface area contributed by atoms with Gasteiger partial charge in [0, 0.05) is 11.1 Å². The van der Waals surface area contributed by atoms with Crippen molar-refractivity contribution >= 4 is 22.9 Å². The summed E-state index contributed by atoms with van der Waals surface area (Å²) in [6.45, 7) is 2.03. The zero-order chi connectivity index (χ0) is 25.8. The molecule has 4 aromatic carbocycles. The van der Waals surface area contributed by atoms with Crippen LogP contribution in [-0.2, 0) is 0 Å². The van der Waals surface area contributed by atoms with E-state index in [1.54, 1.807) is 43.2 Å². The molecule has 37 heavy (non-hydrogen) atoms. The van der Waals surface area contributed by atoms with Crippen LogP contribution in [-0.4, -0.2) is 36.1 Å². The average molecular weight is 491 g/mol. The molecule has 0 saturated heterocycles. The lowest BCUT2D eigenvalue weighted by Crippen LogP contribution is -2.18. The Kier molecular flexibility index (Phi) is 6.68. The maximum atomic E-state index is 13.1. The van der Waals surface area contributed by atoms with Gasteiger partial charge in [-0.2, -0.15) is 10.2 Å². The highest BCUT2D eigenvalue weighted by Gasteiger charge is 2.17. The van der Waals surface area contributed by atoms with Crippen LogP contribution in [0.4, 0.5) is 0 Å². The lowest BCUT2D eigenvalue weighted by Gasteiger charge is -2.09. The zero-order valence-electron chi connectivity index (χ0n) is 20.8. The number of carbonyl (C=O) groups is 1. The first-order chi connectivity index (χ1) is 18.1. The first-order valence-electron chi connectivity index (χ1n) is 11.8. The van der Waals surface area contributed by atoms with Gasteiger partial charge in [-0.3, -0.25) is 4.79 Å². The molecule has 0 aliphatic heterocycles. The largest absolute Gasteiger partial charge is 0.497 e. The Bertz CT molecular complexity index is 1600. The number of hydrazone groups is 1. The van der Waals surface area contributed by atoms with Gasteiger partial charge in [0.1, 0.15) is 11.5 Å². The Balaban J connectivity index is 1.48. The van der Waals surface area contributed by atoms with Crippen LogP contribution < -0.4 is 14.9 Å². The molecule has 7 heteroatoms. The van der Waals surface area contributed by atoms with Crippen molar-refractivity contribution in [1.29, 1.82) is 0 Å². The van der Waals surface area contributed by atoms with Crippen molar-refractivity contribution in [3.63, 3.8) is 0 Å². The molecule has 1 heterocycles. The molecule has 0 aliphatic carbocycles. The first-order valence-corrected chi connectivity index (χ1v) is 11.8. The van der Waals surface area contributed by atoms with Crippen LogP contribution in [0.25, 0.3) is 27.7 Å². The number of carbonyl (C=O) groups excluding carboxylic acids is 1. The van der Waals surface area contributed by atoms with Crippen LogP contribution in [0.15, 0.2) is 96.1 Å². The van der Waals surface area contributed by atoms with Crippen molar-refractivity contribution in [2.45, 2.75) is 6.92 Å². The van der Waals surface area contributed by atoms with E-state index in [2.05, 4.69) is 39.9 Å². The van der Waals surface area contributed by atoms with E-state index in [9.17, 15) is 4.79 Å². The number of nitrogens with one attached hydrogen (secondary N) is 1. The number of nitrogens with zero attached hydrogens (tertiary/aromatic N) is 3. The van der Waals surface area contributed by atoms with Crippen molar-refractivity contribution < 1.29 is 14.3 Å². The summed E-state index contributed by atoms with van der Waals surface area (Å²) in [6.07, 6.45) is 1.51. The molecule has 1 N–H and O–H groups in total. The first kappa shape index (κ1) is 23.8. The number of benzene rings is 4. The van der Waals surface area contributed by atoms with Gasteiger partial charge in [-0.25, -0.2) is 10.1 Å². The molecule has 0 spiro atoms. The van der Waals surface area contributed by atoms with Gasteiger partial charge in [0.25, 0.3) is 5.91 Å². The van der Waals surface area contributed by atoms with Gasteiger partial charge < -0.3 is 9.47 Å². The number of aromatic nitrogens is 2. The SMILES string of the molecule is COc1ccc(OC)c(/C=N\NC(=O)c2cc(-c3ccc4ccccc4c3)n(-c3ccc(C)cc3)n2)c1. The summed E-state index contributed by atoms with van der Waals surface area (Å²) in [6, 6.07) is 29.5. The fraction of sp³-hybridized carbons (Fsp3) is 0.100. The Morgan fingerprint density at radius 2 is 1.68 bits per heavy atom. The molecule has 5 aromatic rings. The van der Waals surface area contributed by atoms with Gasteiger partial charge in [-0.15, -0.1) is 0 Å². The topological polar surface area (TPSA) is 77.7 Å². The molecule has 7 nitrogen and oxygen atoms in total. The van der Waals surface area contributed by atoms with Gasteiger partial charge in [0.15, 0.2) is 5.69 Å². The molecular formula is C30H26N4O3. The minimum Gasteiger partial charge on any atom is -0.497 e. The fourth-order valence-corrected chi connectivity index (χ4v) is 4.09. The molecule has 184 valence electrons. The summed E-state index contributed by atoms with van der Waals surface area (Å²) < 4.78 is 12.4. The number of amides is 1. The molecule has 0 saturated carbocycles. The Morgan fingerprint density at radius 1 is 0.892 bits per heavy atom. The summed E-state index contributed by atoms with van der Waals surface area (Å²) in [5.41, 5.74) is 7.25. The molecule has 0 unspecified atom stereocenters. The van der Waals surface area contributed by atoms with Crippen molar-refractivity contribution in [2.75, 3.05) is 14.2 Å². The van der Waals surface area contributed by atoms with Crippen LogP contribution in [0.2, 0.25) is 0 Å². The molecule has 0 fully saturated rings. The van der Waals surface area contributed by atoms with Crippen LogP contribution in [0, 0.1) is 6.92 Å². The van der Waals surface area contributed by atoms with Gasteiger partial charge in [0.05, 0.1) is 31.8 Å². The lowest BCUT2D eigenvalue weighted by atomic mass is 10.0. The van der Waals surface area contributed by atoms with Gasteiger partial charge in [-0.05, 0) is 60.2 Å². The standard InChI is InChI=1S/C30H26N4O3/c1-20-8-12-25(13-9-20)34-28(23-11-10-21-6-4-5-7-22(21)16-23)18-27(33-34)30(35)32-31-19-24-17-26(36-2)14-15-29(24)37-3/h4-19H,1-3H3,(H,32,35)/b31-19-. The van der Waals surface area contributed by atoms with Crippen LogP contribution in [0.5, 0.6) is 11.5 Å². The highest BCUT2D eigenvalue weighted by atomic mass is 16.5. The molecule has 0 aliphatic rings. The summed E-state index contributed by atoms with van der Waals surface area (Å²) in [5, 5.41) is 11.0. The Morgan fingerprint density at radius 3 is 2.43 bits per heavy atom. The second kappa shape index (κ2) is 10.4. The molecular weight excluding hydrogens is 464 g/mol. The number of ether oxygens (including phenoxy) is 2. The molecule has 0 radical (unpaired) electrons. The second-order valence-corrected chi connectivity index (χ2v) is 8.53. The molecule has 5 rings (SSSR count). The highest BCUT2D eigenvalue weighted by Crippen LogP contribution is 2.28. The van der Waals surface area contributed by atoms with Gasteiger partial charge in [0.2, 0.25) is 0 Å². The maximum Gasteiger partial charge on any atom is 0.291 e. The number of hydrogen-bond acceptors (Lipinski definition) is 5. The number of fused-ring (bicyclic) bond motifs is 1. The normalized spacial score (nSPS) is 11.1. The van der Waals surface area contributed by atoms with E-state index < -0.39 is 5.91 Å². The van der Waals surface area contributed by atoms with Crippen LogP contribution in [0.1, 0.15) is 21.6 Å². The second-order valence-electron chi connectivity index (χ2n) is 8.53. The predicted octanol–water partition coefficient (Wildman–Crippen LogP) is 5.78. The smallest absolute Gasteiger partial charge is 0.291 e. The molecule has 1 aromatic heterocycles.